The molecule has 120 valence electrons. The zero-order valence-electron chi connectivity index (χ0n) is 11.9. The van der Waals surface area contributed by atoms with Crippen LogP contribution in [0, 0.1) is 11.6 Å². The van der Waals surface area contributed by atoms with Crippen LogP contribution in [-0.4, -0.2) is 33.8 Å². The number of hydrogen-bond acceptors (Lipinski definition) is 4. The van der Waals surface area contributed by atoms with Crippen LogP contribution in [0.5, 0.6) is 5.75 Å². The maximum atomic E-state index is 13.7. The molecule has 0 heterocycles. The molecule has 0 aromatic heterocycles. The number of anilines is 1. The summed E-state index contributed by atoms with van der Waals surface area (Å²) in [6, 6.07) is 1.15. The molecular weight excluding hydrogens is 300 g/mol. The van der Waals surface area contributed by atoms with Gasteiger partial charge in [-0.05, 0) is 25.0 Å². The van der Waals surface area contributed by atoms with Gasteiger partial charge in [0.2, 0.25) is 5.82 Å². The third kappa shape index (κ3) is 3.33. The fourth-order valence-corrected chi connectivity index (χ4v) is 1.82. The van der Waals surface area contributed by atoms with E-state index in [1.165, 1.54) is 6.92 Å². The van der Waals surface area contributed by atoms with E-state index < -0.39 is 34.9 Å². The molecule has 0 unspecified atom stereocenters. The van der Waals surface area contributed by atoms with Crippen molar-refractivity contribution in [2.45, 2.75) is 20.3 Å². The smallest absolute Gasteiger partial charge is 0.344 e. The van der Waals surface area contributed by atoms with Gasteiger partial charge in [-0.1, -0.05) is 6.92 Å². The average Bonchev–Trinajstić information content (AvgIpc) is 2.46. The van der Waals surface area contributed by atoms with Crippen molar-refractivity contribution in [2.75, 3.05) is 11.4 Å². The molecule has 0 aliphatic heterocycles. The third-order valence-electron chi connectivity index (χ3n) is 3.01. The van der Waals surface area contributed by atoms with E-state index in [4.69, 9.17) is 10.2 Å². The van der Waals surface area contributed by atoms with Crippen LogP contribution < -0.4 is 4.90 Å². The van der Waals surface area contributed by atoms with Gasteiger partial charge in [-0.2, -0.15) is 4.39 Å². The Kier molecular flexibility index (Phi) is 5.44. The van der Waals surface area contributed by atoms with Gasteiger partial charge in [0.15, 0.2) is 17.1 Å². The Morgan fingerprint density at radius 3 is 2.14 bits per heavy atom. The maximum Gasteiger partial charge on any atom is 0.344 e. The normalized spacial score (nSPS) is 10.2. The first-order valence-corrected chi connectivity index (χ1v) is 6.39. The molecule has 0 fully saturated rings. The Bertz CT molecular complexity index is 627. The summed E-state index contributed by atoms with van der Waals surface area (Å²) in [4.78, 5) is 22.8. The second-order valence-corrected chi connectivity index (χ2v) is 4.32. The summed E-state index contributed by atoms with van der Waals surface area (Å²) in [5, 5.41) is 27.4. The molecule has 8 heteroatoms. The summed E-state index contributed by atoms with van der Waals surface area (Å²) in [6.45, 7) is 3.14. The molecule has 1 aromatic rings. The van der Waals surface area contributed by atoms with Crippen LogP contribution >= 0.6 is 0 Å². The van der Waals surface area contributed by atoms with Gasteiger partial charge in [-0.25, -0.2) is 14.0 Å². The van der Waals surface area contributed by atoms with E-state index in [2.05, 4.69) is 0 Å². The molecule has 1 rings (SSSR count). The highest BCUT2D eigenvalue weighted by atomic mass is 19.2. The summed E-state index contributed by atoms with van der Waals surface area (Å²) in [5.41, 5.74) is -1.20. The molecule has 0 spiro atoms. The number of aromatic hydroxyl groups is 1. The van der Waals surface area contributed by atoms with E-state index in [1.54, 1.807) is 6.92 Å². The molecule has 22 heavy (non-hydrogen) atoms. The van der Waals surface area contributed by atoms with Crippen LogP contribution in [0.3, 0.4) is 0 Å². The highest BCUT2D eigenvalue weighted by Gasteiger charge is 2.23. The number of hydrogen-bond donors (Lipinski definition) is 3. The van der Waals surface area contributed by atoms with Crippen LogP contribution in [0.25, 0.3) is 0 Å². The van der Waals surface area contributed by atoms with E-state index in [9.17, 15) is 23.5 Å². The number of carboxylic acids is 2. The first-order valence-electron chi connectivity index (χ1n) is 6.39. The lowest BCUT2D eigenvalue weighted by Crippen LogP contribution is -2.22. The molecular formula is C14H15F2NO5. The van der Waals surface area contributed by atoms with Gasteiger partial charge in [0, 0.05) is 12.7 Å². The quantitative estimate of drug-likeness (QED) is 0.422. The number of aliphatic carboxylic acids is 2. The summed E-state index contributed by atoms with van der Waals surface area (Å²) < 4.78 is 27.3. The lowest BCUT2D eigenvalue weighted by atomic mass is 10.1. The minimum absolute atomic E-state index is 0.0237. The Morgan fingerprint density at radius 2 is 1.73 bits per heavy atom. The number of phenolic OH excluding ortho intramolecular Hbond substituents is 1. The van der Waals surface area contributed by atoms with E-state index >= 15 is 0 Å². The molecule has 0 radical (unpaired) electrons. The fraction of sp³-hybridized carbons (Fsp3) is 0.286. The molecule has 0 bridgehead atoms. The van der Waals surface area contributed by atoms with Gasteiger partial charge in [0.05, 0.1) is 5.69 Å². The van der Waals surface area contributed by atoms with Gasteiger partial charge >= 0.3 is 11.9 Å². The second-order valence-electron chi connectivity index (χ2n) is 4.32. The first kappa shape index (κ1) is 17.4. The number of rotatable bonds is 6. The van der Waals surface area contributed by atoms with Crippen molar-refractivity contribution in [3.63, 3.8) is 0 Å². The monoisotopic (exact) mass is 315 g/mol. The van der Waals surface area contributed by atoms with Gasteiger partial charge in [0.25, 0.3) is 0 Å². The molecule has 0 atom stereocenters. The number of nitrogens with zero attached hydrogens (tertiary/aromatic N) is 1. The van der Waals surface area contributed by atoms with Crippen LogP contribution in [0.2, 0.25) is 0 Å². The highest BCUT2D eigenvalue weighted by molar-refractivity contribution is 6.12. The molecule has 0 saturated heterocycles. The predicted molar refractivity (Wildman–Crippen MR) is 73.8 cm³/mol. The van der Waals surface area contributed by atoms with Crippen LogP contribution in [-0.2, 0) is 16.0 Å². The topological polar surface area (TPSA) is 98.1 Å². The van der Waals surface area contributed by atoms with E-state index in [1.807, 2.05) is 0 Å². The predicted octanol–water partition coefficient (Wildman–Crippen LogP) is 2.11. The van der Waals surface area contributed by atoms with Crippen LogP contribution in [0.4, 0.5) is 14.5 Å². The van der Waals surface area contributed by atoms with Crippen LogP contribution in [0.1, 0.15) is 19.4 Å². The van der Waals surface area contributed by atoms with Gasteiger partial charge < -0.3 is 20.2 Å². The average molecular weight is 315 g/mol. The highest BCUT2D eigenvalue weighted by Crippen LogP contribution is 2.34. The largest absolute Gasteiger partial charge is 0.503 e. The van der Waals surface area contributed by atoms with E-state index in [-0.39, 0.29) is 24.2 Å². The molecule has 6 nitrogen and oxygen atoms in total. The molecule has 1 aromatic carbocycles. The summed E-state index contributed by atoms with van der Waals surface area (Å²) in [6.07, 6.45) is 0.887. The van der Waals surface area contributed by atoms with E-state index in [0.29, 0.717) is 0 Å². The van der Waals surface area contributed by atoms with Gasteiger partial charge in [-0.3, -0.25) is 0 Å². The molecule has 0 aliphatic rings. The van der Waals surface area contributed by atoms with Crippen molar-refractivity contribution < 1.29 is 33.7 Å². The zero-order chi connectivity index (χ0) is 17.0. The maximum absolute atomic E-state index is 13.7. The standard InChI is InChI=1S/C14H15F2NO5/c1-3-7-5-9(12(18)11(16)10(7)15)17(4-2)6-8(13(19)20)14(21)22/h5-6,18H,3-4H2,1-2H3,(H,19,20)(H,21,22). The van der Waals surface area contributed by atoms with Crippen molar-refractivity contribution in [1.29, 1.82) is 0 Å². The molecule has 3 N–H and O–H groups in total. The third-order valence-corrected chi connectivity index (χ3v) is 3.01. The van der Waals surface area contributed by atoms with Crippen molar-refractivity contribution in [2.24, 2.45) is 0 Å². The first-order chi connectivity index (χ1) is 10.2. The zero-order valence-corrected chi connectivity index (χ0v) is 11.9. The molecule has 0 saturated carbocycles. The summed E-state index contributed by atoms with van der Waals surface area (Å²) in [7, 11) is 0. The van der Waals surface area contributed by atoms with Gasteiger partial charge in [0.1, 0.15) is 0 Å². The van der Waals surface area contributed by atoms with Crippen molar-refractivity contribution in [3.8, 4) is 5.75 Å². The number of phenols is 1. The van der Waals surface area contributed by atoms with Crippen molar-refractivity contribution in [3.05, 3.63) is 35.0 Å². The lowest BCUT2D eigenvalue weighted by Gasteiger charge is -2.21. The summed E-state index contributed by atoms with van der Waals surface area (Å²) in [5.74, 6) is -7.05. The molecule has 0 amide bonds. The Balaban J connectivity index is 3.49. The minimum atomic E-state index is -1.69. The number of benzene rings is 1. The van der Waals surface area contributed by atoms with Gasteiger partial charge in [-0.15, -0.1) is 0 Å². The lowest BCUT2D eigenvalue weighted by molar-refractivity contribution is -0.140. The summed E-state index contributed by atoms with van der Waals surface area (Å²) >= 11 is 0. The van der Waals surface area contributed by atoms with E-state index in [0.717, 1.165) is 17.2 Å². The number of carbonyl (C=O) groups is 2. The Hall–Kier alpha value is -2.64. The fourth-order valence-electron chi connectivity index (χ4n) is 1.82. The number of halogens is 2. The van der Waals surface area contributed by atoms with Crippen LogP contribution in [0.15, 0.2) is 17.8 Å². The Morgan fingerprint density at radius 1 is 1.18 bits per heavy atom. The second kappa shape index (κ2) is 6.88. The van der Waals surface area contributed by atoms with Crippen molar-refractivity contribution >= 4 is 17.6 Å². The SMILES string of the molecule is CCc1cc(N(C=C(C(=O)O)C(=O)O)CC)c(O)c(F)c1F. The van der Waals surface area contributed by atoms with Crippen molar-refractivity contribution in [1.82, 2.24) is 0 Å². The number of carboxylic acid groups (broad SMARTS) is 2. The Labute approximate surface area is 124 Å². The molecule has 0 aliphatic carbocycles. The minimum Gasteiger partial charge on any atom is -0.503 e. The number of aryl methyl sites for hydroxylation is 1.